The van der Waals surface area contributed by atoms with Crippen molar-refractivity contribution in [2.24, 2.45) is 0 Å². The summed E-state index contributed by atoms with van der Waals surface area (Å²) in [6.07, 6.45) is 3.12. The Balaban J connectivity index is 2.10. The Morgan fingerprint density at radius 3 is 2.56 bits per heavy atom. The Morgan fingerprint density at radius 1 is 1.20 bits per heavy atom. The lowest BCUT2D eigenvalue weighted by Crippen LogP contribution is -2.26. The Labute approximate surface area is 143 Å². The van der Waals surface area contributed by atoms with Crippen LogP contribution in [0.25, 0.3) is 5.78 Å². The standard InChI is InChI=1S/C15H15N5O4S/c1-8-6-16-14-17-15(18-20(14)7-8)25(23,24)19-12-10(3)5-4-9(2)11(12)13(21)22/h4-7,19H,1-3H3,(H,21,22)/p-1. The van der Waals surface area contributed by atoms with Crippen molar-refractivity contribution in [2.75, 3.05) is 4.72 Å². The van der Waals surface area contributed by atoms with Gasteiger partial charge in [0.05, 0.1) is 11.7 Å². The predicted molar refractivity (Wildman–Crippen MR) is 86.6 cm³/mol. The third-order valence-corrected chi connectivity index (χ3v) is 4.73. The summed E-state index contributed by atoms with van der Waals surface area (Å²) in [5.41, 5.74) is 1.31. The molecular formula is C15H14N5O4S-. The van der Waals surface area contributed by atoms with Crippen LogP contribution in [0.2, 0.25) is 0 Å². The molecule has 3 aromatic rings. The van der Waals surface area contributed by atoms with Gasteiger partial charge >= 0.3 is 0 Å². The van der Waals surface area contributed by atoms with Crippen molar-refractivity contribution in [1.82, 2.24) is 19.6 Å². The molecule has 9 nitrogen and oxygen atoms in total. The molecule has 1 N–H and O–H groups in total. The minimum atomic E-state index is -4.21. The second kappa shape index (κ2) is 5.81. The van der Waals surface area contributed by atoms with Crippen molar-refractivity contribution >= 4 is 27.5 Å². The summed E-state index contributed by atoms with van der Waals surface area (Å²) < 4.78 is 28.7. The maximum absolute atomic E-state index is 12.6. The number of nitrogens with zero attached hydrogens (tertiary/aromatic N) is 4. The van der Waals surface area contributed by atoms with Gasteiger partial charge in [-0.15, -0.1) is 5.10 Å². The number of carboxylic acid groups (broad SMARTS) is 1. The molecule has 2 heterocycles. The molecule has 10 heteroatoms. The number of nitrogens with one attached hydrogen (secondary N) is 1. The maximum Gasteiger partial charge on any atom is 0.299 e. The maximum atomic E-state index is 12.6. The number of anilines is 1. The first-order chi connectivity index (χ1) is 11.7. The molecule has 25 heavy (non-hydrogen) atoms. The first-order valence-corrected chi connectivity index (χ1v) is 8.71. The van der Waals surface area contributed by atoms with Crippen LogP contribution in [-0.4, -0.2) is 34.0 Å². The van der Waals surface area contributed by atoms with Crippen molar-refractivity contribution in [3.8, 4) is 0 Å². The summed E-state index contributed by atoms with van der Waals surface area (Å²) >= 11 is 0. The number of carbonyl (C=O) groups is 1. The van der Waals surface area contributed by atoms with E-state index in [4.69, 9.17) is 0 Å². The molecule has 0 aliphatic rings. The highest BCUT2D eigenvalue weighted by molar-refractivity contribution is 7.92. The smallest absolute Gasteiger partial charge is 0.299 e. The third-order valence-electron chi connectivity index (χ3n) is 3.61. The van der Waals surface area contributed by atoms with Gasteiger partial charge in [0.15, 0.2) is 0 Å². The van der Waals surface area contributed by atoms with Crippen LogP contribution in [-0.2, 0) is 10.0 Å². The number of hydrogen-bond donors (Lipinski definition) is 1. The number of fused-ring (bicyclic) bond motifs is 1. The van der Waals surface area contributed by atoms with Gasteiger partial charge in [-0.1, -0.05) is 12.1 Å². The lowest BCUT2D eigenvalue weighted by molar-refractivity contribution is -0.255. The summed E-state index contributed by atoms with van der Waals surface area (Å²) in [5, 5.41) is 14.8. The zero-order chi connectivity index (χ0) is 18.4. The van der Waals surface area contributed by atoms with Crippen molar-refractivity contribution in [3.05, 3.63) is 46.8 Å². The molecule has 0 spiro atoms. The van der Waals surface area contributed by atoms with Crippen molar-refractivity contribution in [3.63, 3.8) is 0 Å². The normalized spacial score (nSPS) is 11.6. The molecule has 1 aromatic carbocycles. The Bertz CT molecular complexity index is 1100. The highest BCUT2D eigenvalue weighted by Gasteiger charge is 2.24. The van der Waals surface area contributed by atoms with E-state index >= 15 is 0 Å². The van der Waals surface area contributed by atoms with E-state index in [0.29, 0.717) is 11.1 Å². The van der Waals surface area contributed by atoms with Gasteiger partial charge in [0.2, 0.25) is 0 Å². The van der Waals surface area contributed by atoms with Crippen LogP contribution in [0.5, 0.6) is 0 Å². The largest absolute Gasteiger partial charge is 0.545 e. The summed E-state index contributed by atoms with van der Waals surface area (Å²) in [5.74, 6) is -1.36. The lowest BCUT2D eigenvalue weighted by Gasteiger charge is -2.16. The molecule has 2 aromatic heterocycles. The SMILES string of the molecule is Cc1cnc2nc(S(=O)(=O)Nc3c(C)ccc(C)c3C(=O)[O-])nn2c1. The van der Waals surface area contributed by atoms with E-state index in [-0.39, 0.29) is 17.0 Å². The third kappa shape index (κ3) is 3.03. The van der Waals surface area contributed by atoms with Gasteiger partial charge in [-0.3, -0.25) is 4.72 Å². The first-order valence-electron chi connectivity index (χ1n) is 7.22. The molecule has 0 bridgehead atoms. The predicted octanol–water partition coefficient (Wildman–Crippen LogP) is 0.214. The molecule has 0 aliphatic carbocycles. The van der Waals surface area contributed by atoms with Crippen LogP contribution in [0.1, 0.15) is 27.0 Å². The Morgan fingerprint density at radius 2 is 1.88 bits per heavy atom. The van der Waals surface area contributed by atoms with Crippen LogP contribution < -0.4 is 9.83 Å². The fourth-order valence-electron chi connectivity index (χ4n) is 2.36. The second-order valence-corrected chi connectivity index (χ2v) is 7.19. The average molecular weight is 360 g/mol. The van der Waals surface area contributed by atoms with E-state index < -0.39 is 21.1 Å². The van der Waals surface area contributed by atoms with Crippen LogP contribution in [0, 0.1) is 20.8 Å². The molecule has 0 saturated heterocycles. The number of carbonyl (C=O) groups excluding carboxylic acids is 1. The number of aromatic nitrogens is 4. The van der Waals surface area contributed by atoms with Gasteiger partial charge < -0.3 is 9.90 Å². The van der Waals surface area contributed by atoms with E-state index in [1.54, 1.807) is 39.1 Å². The molecule has 0 atom stereocenters. The molecular weight excluding hydrogens is 346 g/mol. The number of benzene rings is 1. The number of hydrogen-bond acceptors (Lipinski definition) is 7. The fourth-order valence-corrected chi connectivity index (χ4v) is 3.38. The van der Waals surface area contributed by atoms with E-state index in [1.165, 1.54) is 10.7 Å². The molecule has 0 aliphatic heterocycles. The summed E-state index contributed by atoms with van der Waals surface area (Å²) in [6, 6.07) is 3.19. The van der Waals surface area contributed by atoms with Gasteiger partial charge in [-0.05, 0) is 37.5 Å². The average Bonchev–Trinajstić information content (AvgIpc) is 2.94. The zero-order valence-corrected chi connectivity index (χ0v) is 14.5. The topological polar surface area (TPSA) is 129 Å². The summed E-state index contributed by atoms with van der Waals surface area (Å²) in [4.78, 5) is 19.3. The number of sulfonamides is 1. The number of rotatable bonds is 4. The monoisotopic (exact) mass is 360 g/mol. The van der Waals surface area contributed by atoms with E-state index in [2.05, 4.69) is 19.8 Å². The minimum absolute atomic E-state index is 0.0667. The second-order valence-electron chi connectivity index (χ2n) is 5.61. The van der Waals surface area contributed by atoms with E-state index in [1.807, 2.05) is 0 Å². The summed E-state index contributed by atoms with van der Waals surface area (Å²) in [7, 11) is -4.21. The molecule has 0 radical (unpaired) electrons. The highest BCUT2D eigenvalue weighted by Crippen LogP contribution is 2.26. The molecule has 3 rings (SSSR count). The lowest BCUT2D eigenvalue weighted by atomic mass is 10.0. The Hall–Kier alpha value is -3.01. The molecule has 0 unspecified atom stereocenters. The van der Waals surface area contributed by atoms with Crippen LogP contribution in [0.3, 0.4) is 0 Å². The minimum Gasteiger partial charge on any atom is -0.545 e. The van der Waals surface area contributed by atoms with E-state index in [0.717, 1.165) is 5.56 Å². The van der Waals surface area contributed by atoms with Crippen molar-refractivity contribution < 1.29 is 18.3 Å². The van der Waals surface area contributed by atoms with Gasteiger partial charge in [-0.25, -0.2) is 9.50 Å². The fraction of sp³-hybridized carbons (Fsp3) is 0.200. The summed E-state index contributed by atoms with van der Waals surface area (Å²) in [6.45, 7) is 4.92. The van der Waals surface area contributed by atoms with Crippen LogP contribution >= 0.6 is 0 Å². The molecule has 0 amide bonds. The quantitative estimate of drug-likeness (QED) is 0.704. The zero-order valence-electron chi connectivity index (χ0n) is 13.6. The van der Waals surface area contributed by atoms with Gasteiger partial charge in [0.1, 0.15) is 0 Å². The molecule has 0 fully saturated rings. The number of carboxylic acids is 1. The van der Waals surface area contributed by atoms with Crippen molar-refractivity contribution in [2.45, 2.75) is 25.9 Å². The highest BCUT2D eigenvalue weighted by atomic mass is 32.2. The van der Waals surface area contributed by atoms with Crippen LogP contribution in [0.4, 0.5) is 5.69 Å². The number of aryl methyl sites for hydroxylation is 3. The van der Waals surface area contributed by atoms with Crippen molar-refractivity contribution in [1.29, 1.82) is 0 Å². The van der Waals surface area contributed by atoms with Crippen LogP contribution in [0.15, 0.2) is 29.7 Å². The first kappa shape index (κ1) is 16.8. The van der Waals surface area contributed by atoms with E-state index in [9.17, 15) is 18.3 Å². The molecule has 0 saturated carbocycles. The Kier molecular flexibility index (Phi) is 3.91. The van der Waals surface area contributed by atoms with Gasteiger partial charge in [0.25, 0.3) is 21.0 Å². The molecule has 130 valence electrons. The van der Waals surface area contributed by atoms with Gasteiger partial charge in [0, 0.05) is 18.0 Å². The van der Waals surface area contributed by atoms with Gasteiger partial charge in [-0.2, -0.15) is 13.4 Å². The number of aromatic carboxylic acids is 1.